The van der Waals surface area contributed by atoms with Crippen LogP contribution < -0.4 is 5.32 Å². The van der Waals surface area contributed by atoms with E-state index in [4.69, 9.17) is 5.11 Å². The van der Waals surface area contributed by atoms with Gasteiger partial charge in [0.25, 0.3) is 0 Å². The van der Waals surface area contributed by atoms with E-state index in [-0.39, 0.29) is 17.7 Å². The number of hydrogen-bond donors (Lipinski definition) is 2. The number of phenolic OH excluding ortho intramolecular Hbond substituents is 1. The quantitative estimate of drug-likeness (QED) is 0.605. The average Bonchev–Trinajstić information content (AvgIpc) is 2.01. The Bertz CT molecular complexity index is 297. The number of amides is 1. The smallest absolute Gasteiger partial charge is 0.222 e. The van der Waals surface area contributed by atoms with Crippen molar-refractivity contribution in [3.63, 3.8) is 0 Å². The summed E-state index contributed by atoms with van der Waals surface area (Å²) in [7, 11) is 0. The van der Waals surface area contributed by atoms with Crippen molar-refractivity contribution in [1.82, 2.24) is 5.32 Å². The molecular formula is C9H9NO2. The highest BCUT2D eigenvalue weighted by molar-refractivity contribution is 5.83. The molecule has 1 fully saturated rings. The molecule has 1 aromatic rings. The minimum atomic E-state index is 0.0908. The minimum Gasteiger partial charge on any atom is -0.508 e. The lowest BCUT2D eigenvalue weighted by molar-refractivity contribution is -0.128. The van der Waals surface area contributed by atoms with Crippen molar-refractivity contribution in [2.75, 3.05) is 0 Å². The summed E-state index contributed by atoms with van der Waals surface area (Å²) in [5.41, 5.74) is 1.05. The molecule has 3 heteroatoms. The summed E-state index contributed by atoms with van der Waals surface area (Å²) >= 11 is 0. The summed E-state index contributed by atoms with van der Waals surface area (Å²) < 4.78 is 0. The van der Waals surface area contributed by atoms with Crippen molar-refractivity contribution in [3.05, 3.63) is 29.8 Å². The fourth-order valence-electron chi connectivity index (χ4n) is 1.27. The first-order valence-electron chi connectivity index (χ1n) is 3.84. The Morgan fingerprint density at radius 1 is 1.33 bits per heavy atom. The summed E-state index contributed by atoms with van der Waals surface area (Å²) in [6, 6.07) is 7.04. The van der Waals surface area contributed by atoms with Crippen LogP contribution >= 0.6 is 0 Å². The first-order chi connectivity index (χ1) is 5.75. The number of β-lactam (4-membered cyclic amide) rings is 1. The molecule has 0 spiro atoms. The Balaban J connectivity index is 2.14. The largest absolute Gasteiger partial charge is 0.508 e. The molecule has 1 atom stereocenters. The lowest BCUT2D eigenvalue weighted by Crippen LogP contribution is -2.41. The van der Waals surface area contributed by atoms with Crippen molar-refractivity contribution in [1.29, 1.82) is 0 Å². The third-order valence-corrected chi connectivity index (χ3v) is 2.02. The summed E-state index contributed by atoms with van der Waals surface area (Å²) in [4.78, 5) is 10.6. The molecule has 1 aliphatic rings. The van der Waals surface area contributed by atoms with E-state index in [1.807, 2.05) is 12.1 Å². The molecule has 62 valence electrons. The van der Waals surface area contributed by atoms with E-state index in [1.165, 1.54) is 0 Å². The Morgan fingerprint density at radius 2 is 1.92 bits per heavy atom. The van der Waals surface area contributed by atoms with Crippen molar-refractivity contribution in [2.45, 2.75) is 12.5 Å². The predicted molar refractivity (Wildman–Crippen MR) is 43.6 cm³/mol. The predicted octanol–water partition coefficient (Wildman–Crippen LogP) is 0.953. The third-order valence-electron chi connectivity index (χ3n) is 2.02. The maximum Gasteiger partial charge on any atom is 0.222 e. The van der Waals surface area contributed by atoms with Gasteiger partial charge < -0.3 is 10.4 Å². The van der Waals surface area contributed by atoms with Crippen LogP contribution in [0.5, 0.6) is 5.75 Å². The summed E-state index contributed by atoms with van der Waals surface area (Å²) in [5, 5.41) is 11.8. The van der Waals surface area contributed by atoms with Crippen molar-refractivity contribution >= 4 is 5.91 Å². The van der Waals surface area contributed by atoms with Crippen LogP contribution in [0, 0.1) is 0 Å². The van der Waals surface area contributed by atoms with Crippen LogP contribution in [0.1, 0.15) is 18.0 Å². The maximum absolute atomic E-state index is 10.6. The highest BCUT2D eigenvalue weighted by Gasteiger charge is 2.26. The van der Waals surface area contributed by atoms with E-state index in [0.717, 1.165) is 5.56 Å². The van der Waals surface area contributed by atoms with Gasteiger partial charge in [0.2, 0.25) is 5.91 Å². The maximum atomic E-state index is 10.6. The van der Waals surface area contributed by atoms with Crippen molar-refractivity contribution in [3.8, 4) is 5.75 Å². The number of carbonyl (C=O) groups excluding carboxylic acids is 1. The van der Waals surface area contributed by atoms with E-state index < -0.39 is 0 Å². The Labute approximate surface area is 70.0 Å². The highest BCUT2D eigenvalue weighted by Crippen LogP contribution is 2.24. The molecule has 12 heavy (non-hydrogen) atoms. The van der Waals surface area contributed by atoms with Gasteiger partial charge in [-0.15, -0.1) is 0 Å². The first kappa shape index (κ1) is 7.16. The zero-order valence-electron chi connectivity index (χ0n) is 6.45. The lowest BCUT2D eigenvalue weighted by Gasteiger charge is -2.27. The van der Waals surface area contributed by atoms with Gasteiger partial charge in [-0.3, -0.25) is 4.79 Å². The third kappa shape index (κ3) is 1.13. The SMILES string of the molecule is O=C1C[C@@H](c2ccc(O)cc2)N1. The topological polar surface area (TPSA) is 49.3 Å². The molecule has 1 aromatic carbocycles. The van der Waals surface area contributed by atoms with Gasteiger partial charge in [-0.05, 0) is 17.7 Å². The van der Waals surface area contributed by atoms with Crippen LogP contribution in [0.3, 0.4) is 0 Å². The molecule has 0 bridgehead atoms. The van der Waals surface area contributed by atoms with Gasteiger partial charge in [0, 0.05) is 0 Å². The fourth-order valence-corrected chi connectivity index (χ4v) is 1.27. The van der Waals surface area contributed by atoms with Gasteiger partial charge in [0.1, 0.15) is 5.75 Å². The van der Waals surface area contributed by atoms with Gasteiger partial charge >= 0.3 is 0 Å². The Hall–Kier alpha value is -1.51. The van der Waals surface area contributed by atoms with Crippen LogP contribution in [-0.4, -0.2) is 11.0 Å². The van der Waals surface area contributed by atoms with Crippen molar-refractivity contribution in [2.24, 2.45) is 0 Å². The molecule has 3 nitrogen and oxygen atoms in total. The number of nitrogens with one attached hydrogen (secondary N) is 1. The Morgan fingerprint density at radius 3 is 2.42 bits per heavy atom. The van der Waals surface area contributed by atoms with Crippen LogP contribution in [0.25, 0.3) is 0 Å². The number of rotatable bonds is 1. The van der Waals surface area contributed by atoms with Crippen molar-refractivity contribution < 1.29 is 9.90 Å². The molecule has 0 aliphatic carbocycles. The molecule has 0 aromatic heterocycles. The van der Waals surface area contributed by atoms with Crippen LogP contribution in [-0.2, 0) is 4.79 Å². The van der Waals surface area contributed by atoms with Gasteiger partial charge in [-0.2, -0.15) is 0 Å². The standard InChI is InChI=1S/C9H9NO2/c11-7-3-1-6(2-4-7)8-5-9(12)10-8/h1-4,8,11H,5H2,(H,10,12)/t8-/m0/s1. The molecule has 0 saturated carbocycles. The molecule has 0 radical (unpaired) electrons. The van der Waals surface area contributed by atoms with E-state index in [9.17, 15) is 4.79 Å². The number of phenols is 1. The van der Waals surface area contributed by atoms with Gasteiger partial charge in [0.05, 0.1) is 12.5 Å². The average molecular weight is 163 g/mol. The van der Waals surface area contributed by atoms with Gasteiger partial charge in [-0.25, -0.2) is 0 Å². The van der Waals surface area contributed by atoms with E-state index in [1.54, 1.807) is 12.1 Å². The zero-order valence-corrected chi connectivity index (χ0v) is 6.45. The van der Waals surface area contributed by atoms with E-state index >= 15 is 0 Å². The molecular weight excluding hydrogens is 154 g/mol. The molecule has 1 amide bonds. The number of benzene rings is 1. The number of carbonyl (C=O) groups is 1. The monoisotopic (exact) mass is 163 g/mol. The molecule has 1 heterocycles. The van der Waals surface area contributed by atoms with E-state index in [0.29, 0.717) is 6.42 Å². The van der Waals surface area contributed by atoms with Crippen LogP contribution in [0.4, 0.5) is 0 Å². The number of hydrogen-bond acceptors (Lipinski definition) is 2. The Kier molecular flexibility index (Phi) is 1.50. The zero-order chi connectivity index (χ0) is 8.55. The minimum absolute atomic E-state index is 0.0908. The second-order valence-corrected chi connectivity index (χ2v) is 2.92. The van der Waals surface area contributed by atoms with Gasteiger partial charge in [0.15, 0.2) is 0 Å². The lowest BCUT2D eigenvalue weighted by atomic mass is 9.97. The molecule has 1 aliphatic heterocycles. The summed E-state index contributed by atoms with van der Waals surface area (Å²) in [5.74, 6) is 0.345. The molecule has 0 unspecified atom stereocenters. The summed E-state index contributed by atoms with van der Waals surface area (Å²) in [6.45, 7) is 0. The highest BCUT2D eigenvalue weighted by atomic mass is 16.3. The second-order valence-electron chi connectivity index (χ2n) is 2.92. The summed E-state index contributed by atoms with van der Waals surface area (Å²) in [6.07, 6.45) is 0.560. The van der Waals surface area contributed by atoms with Gasteiger partial charge in [-0.1, -0.05) is 12.1 Å². The number of aromatic hydroxyl groups is 1. The first-order valence-corrected chi connectivity index (χ1v) is 3.84. The van der Waals surface area contributed by atoms with E-state index in [2.05, 4.69) is 5.32 Å². The molecule has 2 rings (SSSR count). The second kappa shape index (κ2) is 2.52. The fraction of sp³-hybridized carbons (Fsp3) is 0.222. The van der Waals surface area contributed by atoms with Crippen LogP contribution in [0.15, 0.2) is 24.3 Å². The molecule has 1 saturated heterocycles. The normalized spacial score (nSPS) is 21.3. The molecule has 2 N–H and O–H groups in total. The van der Waals surface area contributed by atoms with Crippen LogP contribution in [0.2, 0.25) is 0 Å².